The monoisotopic (exact) mass is 177 g/mol. The summed E-state index contributed by atoms with van der Waals surface area (Å²) < 4.78 is 0. The maximum absolute atomic E-state index is 9.81. The number of hydrogen-bond acceptors (Lipinski definition) is 4. The fourth-order valence-electron chi connectivity index (χ4n) is 0.283. The van der Waals surface area contributed by atoms with Gasteiger partial charge in [-0.05, 0) is 6.92 Å². The number of nitrogens with one attached hydrogen (secondary N) is 1. The van der Waals surface area contributed by atoms with Crippen molar-refractivity contribution in [3.8, 4) is 0 Å². The molecule has 0 aliphatic heterocycles. The maximum Gasteiger partial charge on any atom is 0.129 e. The topological polar surface area (TPSA) is 69.6 Å². The first kappa shape index (κ1) is 14.1. The summed E-state index contributed by atoms with van der Waals surface area (Å²) in [7, 11) is 0. The molecular formula is C8H19NO3. The van der Waals surface area contributed by atoms with Gasteiger partial charge in [0.25, 0.3) is 0 Å². The Bertz CT molecular complexity index is 92.3. The summed E-state index contributed by atoms with van der Waals surface area (Å²) in [6.07, 6.45) is 0.667. The van der Waals surface area contributed by atoms with Gasteiger partial charge in [-0.2, -0.15) is 0 Å². The van der Waals surface area contributed by atoms with Crippen molar-refractivity contribution < 1.29 is 15.0 Å². The average Bonchev–Trinajstić information content (AvgIpc) is 2.07. The Hall–Kier alpha value is -0.450. The summed E-state index contributed by atoms with van der Waals surface area (Å²) in [6.45, 7) is 4.85. The van der Waals surface area contributed by atoms with Gasteiger partial charge in [0.15, 0.2) is 0 Å². The van der Waals surface area contributed by atoms with Gasteiger partial charge < -0.3 is 20.3 Å². The molecule has 0 aromatic rings. The summed E-state index contributed by atoms with van der Waals surface area (Å²) in [5, 5.41) is 19.1. The molecule has 0 aromatic carbocycles. The Balaban J connectivity index is 0. The first-order valence-corrected chi connectivity index (χ1v) is 4.10. The molecule has 0 saturated carbocycles. The Labute approximate surface area is 73.6 Å². The Kier molecular flexibility index (Phi) is 15.5. The fourth-order valence-corrected chi connectivity index (χ4v) is 0.283. The van der Waals surface area contributed by atoms with Gasteiger partial charge in [-0.3, -0.25) is 0 Å². The van der Waals surface area contributed by atoms with Crippen LogP contribution in [0.1, 0.15) is 20.3 Å². The van der Waals surface area contributed by atoms with Crippen molar-refractivity contribution in [2.45, 2.75) is 20.3 Å². The van der Waals surface area contributed by atoms with E-state index in [1.807, 2.05) is 6.92 Å². The predicted octanol–water partition coefficient (Wildman–Crippen LogP) is -0.454. The fraction of sp³-hybridized carbons (Fsp3) is 0.875. The lowest BCUT2D eigenvalue weighted by atomic mass is 10.4. The summed E-state index contributed by atoms with van der Waals surface area (Å²) >= 11 is 0. The molecule has 3 N–H and O–H groups in total. The Morgan fingerprint density at radius 3 is 1.75 bits per heavy atom. The van der Waals surface area contributed by atoms with Crippen LogP contribution in [-0.2, 0) is 4.79 Å². The highest BCUT2D eigenvalue weighted by Crippen LogP contribution is 1.71. The number of carbonyl (C=O) groups excluding carboxylic acids is 1. The zero-order chi connectivity index (χ0) is 9.82. The van der Waals surface area contributed by atoms with Crippen molar-refractivity contribution in [2.75, 3.05) is 26.3 Å². The molecule has 4 heteroatoms. The van der Waals surface area contributed by atoms with Crippen molar-refractivity contribution in [2.24, 2.45) is 0 Å². The first-order valence-electron chi connectivity index (χ1n) is 4.10. The normalized spacial score (nSPS) is 8.67. The largest absolute Gasteiger partial charge is 0.395 e. The molecule has 0 aromatic heterocycles. The van der Waals surface area contributed by atoms with Crippen molar-refractivity contribution >= 4 is 5.78 Å². The minimum Gasteiger partial charge on any atom is -0.395 e. The molecule has 0 atom stereocenters. The van der Waals surface area contributed by atoms with Gasteiger partial charge in [0.05, 0.1) is 13.2 Å². The Morgan fingerprint density at radius 1 is 1.25 bits per heavy atom. The van der Waals surface area contributed by atoms with Crippen LogP contribution in [0, 0.1) is 0 Å². The van der Waals surface area contributed by atoms with E-state index >= 15 is 0 Å². The highest BCUT2D eigenvalue weighted by atomic mass is 16.3. The van der Waals surface area contributed by atoms with E-state index in [0.717, 1.165) is 0 Å². The van der Waals surface area contributed by atoms with E-state index in [4.69, 9.17) is 10.2 Å². The minimum atomic E-state index is 0.139. The number of rotatable bonds is 5. The van der Waals surface area contributed by atoms with Gasteiger partial charge in [0, 0.05) is 19.5 Å². The van der Waals surface area contributed by atoms with Gasteiger partial charge in [0.1, 0.15) is 5.78 Å². The van der Waals surface area contributed by atoms with Crippen molar-refractivity contribution in [3.05, 3.63) is 0 Å². The van der Waals surface area contributed by atoms with Crippen LogP contribution < -0.4 is 5.32 Å². The number of ketones is 1. The molecule has 0 heterocycles. The lowest BCUT2D eigenvalue weighted by molar-refractivity contribution is -0.116. The second-order valence-electron chi connectivity index (χ2n) is 2.25. The number of aliphatic hydroxyl groups is 2. The molecule has 0 amide bonds. The van der Waals surface area contributed by atoms with E-state index in [9.17, 15) is 4.79 Å². The molecule has 74 valence electrons. The number of Topliss-reactive ketones (excluding diaryl/α,β-unsaturated/α-hetero) is 1. The highest BCUT2D eigenvalue weighted by Gasteiger charge is 1.78. The van der Waals surface area contributed by atoms with Crippen LogP contribution >= 0.6 is 0 Å². The average molecular weight is 177 g/mol. The number of hydrogen-bond donors (Lipinski definition) is 3. The summed E-state index contributed by atoms with van der Waals surface area (Å²) in [6, 6.07) is 0. The summed E-state index contributed by atoms with van der Waals surface area (Å²) in [4.78, 5) is 9.81. The molecule has 0 saturated heterocycles. The van der Waals surface area contributed by atoms with Crippen LogP contribution in [0.2, 0.25) is 0 Å². The van der Waals surface area contributed by atoms with Crippen LogP contribution in [-0.4, -0.2) is 42.3 Å². The van der Waals surface area contributed by atoms with Crippen molar-refractivity contribution in [1.82, 2.24) is 5.32 Å². The van der Waals surface area contributed by atoms with Gasteiger partial charge in [-0.25, -0.2) is 0 Å². The zero-order valence-corrected chi connectivity index (χ0v) is 7.84. The van der Waals surface area contributed by atoms with Gasteiger partial charge in [0.2, 0.25) is 0 Å². The SMILES string of the molecule is CCC(C)=O.OCCNCCO. The van der Waals surface area contributed by atoms with E-state index in [-0.39, 0.29) is 19.0 Å². The molecule has 0 bridgehead atoms. The van der Waals surface area contributed by atoms with Gasteiger partial charge in [-0.15, -0.1) is 0 Å². The summed E-state index contributed by atoms with van der Waals surface area (Å²) in [5.41, 5.74) is 0. The number of carbonyl (C=O) groups is 1. The summed E-state index contributed by atoms with van der Waals surface area (Å²) in [5.74, 6) is 0.255. The van der Waals surface area contributed by atoms with E-state index < -0.39 is 0 Å². The number of aliphatic hydroxyl groups excluding tert-OH is 2. The van der Waals surface area contributed by atoms with E-state index in [1.54, 1.807) is 6.92 Å². The molecule has 4 nitrogen and oxygen atoms in total. The third-order valence-electron chi connectivity index (χ3n) is 1.08. The van der Waals surface area contributed by atoms with Crippen LogP contribution in [0.3, 0.4) is 0 Å². The lowest BCUT2D eigenvalue weighted by Gasteiger charge is -1.94. The molecule has 0 radical (unpaired) electrons. The predicted molar refractivity (Wildman–Crippen MR) is 48.0 cm³/mol. The molecule has 0 unspecified atom stereocenters. The maximum atomic E-state index is 9.81. The van der Waals surface area contributed by atoms with Crippen LogP contribution in [0.15, 0.2) is 0 Å². The Morgan fingerprint density at radius 2 is 1.58 bits per heavy atom. The second-order valence-corrected chi connectivity index (χ2v) is 2.25. The molecule has 0 spiro atoms. The highest BCUT2D eigenvalue weighted by molar-refractivity contribution is 5.74. The lowest BCUT2D eigenvalue weighted by Crippen LogP contribution is -2.21. The van der Waals surface area contributed by atoms with Crippen molar-refractivity contribution in [1.29, 1.82) is 0 Å². The van der Waals surface area contributed by atoms with E-state index in [2.05, 4.69) is 5.32 Å². The van der Waals surface area contributed by atoms with Crippen molar-refractivity contribution in [3.63, 3.8) is 0 Å². The third kappa shape index (κ3) is 22.7. The molecular weight excluding hydrogens is 158 g/mol. The zero-order valence-electron chi connectivity index (χ0n) is 7.84. The standard InChI is InChI=1S/C4H11NO2.C4H8O/c6-3-1-5-2-4-7;1-3-4(2)5/h5-7H,1-4H2;3H2,1-2H3. The minimum absolute atomic E-state index is 0.139. The third-order valence-corrected chi connectivity index (χ3v) is 1.08. The van der Waals surface area contributed by atoms with Gasteiger partial charge in [-0.1, -0.05) is 6.92 Å². The molecule has 0 rings (SSSR count). The smallest absolute Gasteiger partial charge is 0.129 e. The van der Waals surface area contributed by atoms with Crippen LogP contribution in [0.4, 0.5) is 0 Å². The van der Waals surface area contributed by atoms with Crippen LogP contribution in [0.25, 0.3) is 0 Å². The molecule has 0 aliphatic rings. The first-order chi connectivity index (χ1) is 5.68. The van der Waals surface area contributed by atoms with E-state index in [1.165, 1.54) is 0 Å². The second kappa shape index (κ2) is 13.2. The quantitative estimate of drug-likeness (QED) is 0.497. The molecule has 0 aliphatic carbocycles. The van der Waals surface area contributed by atoms with Crippen LogP contribution in [0.5, 0.6) is 0 Å². The van der Waals surface area contributed by atoms with Gasteiger partial charge >= 0.3 is 0 Å². The molecule has 12 heavy (non-hydrogen) atoms. The molecule has 0 fully saturated rings. The van der Waals surface area contributed by atoms with E-state index in [0.29, 0.717) is 19.5 Å².